The van der Waals surface area contributed by atoms with Crippen molar-refractivity contribution in [3.63, 3.8) is 0 Å². The Bertz CT molecular complexity index is 205. The molecule has 2 fully saturated rings. The molecular weight excluding hydrogens is 204 g/mol. The first kappa shape index (κ1) is 12.3. The van der Waals surface area contributed by atoms with E-state index in [0.717, 1.165) is 26.2 Å². The van der Waals surface area contributed by atoms with Crippen LogP contribution in [0.25, 0.3) is 0 Å². The SMILES string of the molecule is CC1COC(CO)CN1C1CCCNCC1. The first-order valence-corrected chi connectivity index (χ1v) is 6.50. The van der Waals surface area contributed by atoms with E-state index < -0.39 is 0 Å². The molecule has 0 saturated carbocycles. The third-order valence-electron chi connectivity index (χ3n) is 3.77. The second-order valence-electron chi connectivity index (χ2n) is 5.02. The number of nitrogens with zero attached hydrogens (tertiary/aromatic N) is 1. The molecule has 2 aliphatic heterocycles. The highest BCUT2D eigenvalue weighted by atomic mass is 16.5. The van der Waals surface area contributed by atoms with Gasteiger partial charge in [-0.25, -0.2) is 0 Å². The average molecular weight is 228 g/mol. The van der Waals surface area contributed by atoms with Crippen LogP contribution in [0.2, 0.25) is 0 Å². The molecule has 94 valence electrons. The molecule has 0 spiro atoms. The molecule has 0 aliphatic carbocycles. The minimum atomic E-state index is 0.0208. The molecule has 0 radical (unpaired) electrons. The highest BCUT2D eigenvalue weighted by molar-refractivity contribution is 4.84. The van der Waals surface area contributed by atoms with Crippen LogP contribution >= 0.6 is 0 Å². The molecule has 2 N–H and O–H groups in total. The standard InChI is InChI=1S/C12H24N2O2/c1-10-9-16-12(8-15)7-14(10)11-3-2-5-13-6-4-11/h10-13,15H,2-9H2,1H3. The minimum absolute atomic E-state index is 0.0208. The lowest BCUT2D eigenvalue weighted by Gasteiger charge is -2.42. The molecule has 4 heteroatoms. The van der Waals surface area contributed by atoms with Crippen molar-refractivity contribution in [2.75, 3.05) is 32.8 Å². The lowest BCUT2D eigenvalue weighted by molar-refractivity contribution is -0.0922. The molecule has 16 heavy (non-hydrogen) atoms. The van der Waals surface area contributed by atoms with Crippen molar-refractivity contribution in [1.29, 1.82) is 0 Å². The Morgan fingerprint density at radius 3 is 3.06 bits per heavy atom. The van der Waals surface area contributed by atoms with Crippen molar-refractivity contribution < 1.29 is 9.84 Å². The summed E-state index contributed by atoms with van der Waals surface area (Å²) in [5.74, 6) is 0. The number of hydrogen-bond donors (Lipinski definition) is 2. The average Bonchev–Trinajstić information content (AvgIpc) is 2.58. The predicted octanol–water partition coefficient (Wildman–Crippen LogP) is 0.210. The van der Waals surface area contributed by atoms with E-state index in [1.165, 1.54) is 19.3 Å². The lowest BCUT2D eigenvalue weighted by atomic mass is 10.0. The lowest BCUT2D eigenvalue weighted by Crippen LogP contribution is -2.53. The van der Waals surface area contributed by atoms with Gasteiger partial charge in [0.1, 0.15) is 0 Å². The second-order valence-corrected chi connectivity index (χ2v) is 5.02. The quantitative estimate of drug-likeness (QED) is 0.709. The Hall–Kier alpha value is -0.160. The summed E-state index contributed by atoms with van der Waals surface area (Å²) >= 11 is 0. The van der Waals surface area contributed by atoms with E-state index in [9.17, 15) is 5.11 Å². The molecule has 0 bridgehead atoms. The van der Waals surface area contributed by atoms with Crippen LogP contribution < -0.4 is 5.32 Å². The third kappa shape index (κ3) is 2.94. The molecule has 0 aromatic rings. The van der Waals surface area contributed by atoms with Gasteiger partial charge < -0.3 is 15.2 Å². The summed E-state index contributed by atoms with van der Waals surface area (Å²) in [5, 5.41) is 12.6. The zero-order valence-electron chi connectivity index (χ0n) is 10.2. The molecular formula is C12H24N2O2. The van der Waals surface area contributed by atoms with E-state index in [4.69, 9.17) is 4.74 Å². The minimum Gasteiger partial charge on any atom is -0.394 e. The van der Waals surface area contributed by atoms with Gasteiger partial charge in [0, 0.05) is 18.6 Å². The maximum atomic E-state index is 9.18. The predicted molar refractivity (Wildman–Crippen MR) is 63.5 cm³/mol. The number of rotatable bonds is 2. The van der Waals surface area contributed by atoms with Gasteiger partial charge in [-0.15, -0.1) is 0 Å². The highest BCUT2D eigenvalue weighted by Crippen LogP contribution is 2.20. The molecule has 0 aromatic carbocycles. The first-order valence-electron chi connectivity index (χ1n) is 6.50. The Labute approximate surface area is 98.0 Å². The van der Waals surface area contributed by atoms with E-state index in [0.29, 0.717) is 12.1 Å². The van der Waals surface area contributed by atoms with Gasteiger partial charge in [-0.05, 0) is 39.3 Å². The molecule has 3 atom stereocenters. The van der Waals surface area contributed by atoms with Crippen LogP contribution in [0.4, 0.5) is 0 Å². The molecule has 0 aromatic heterocycles. The fourth-order valence-corrected chi connectivity index (χ4v) is 2.79. The van der Waals surface area contributed by atoms with Crippen molar-refractivity contribution in [1.82, 2.24) is 10.2 Å². The van der Waals surface area contributed by atoms with E-state index in [1.54, 1.807) is 0 Å². The molecule has 2 saturated heterocycles. The van der Waals surface area contributed by atoms with E-state index in [1.807, 2.05) is 0 Å². The summed E-state index contributed by atoms with van der Waals surface area (Å²) in [6.45, 7) is 6.30. The molecule has 2 rings (SSSR count). The van der Waals surface area contributed by atoms with Crippen LogP contribution in [0.3, 0.4) is 0 Å². The van der Waals surface area contributed by atoms with Crippen molar-refractivity contribution in [3.8, 4) is 0 Å². The van der Waals surface area contributed by atoms with Crippen molar-refractivity contribution in [2.24, 2.45) is 0 Å². The Morgan fingerprint density at radius 2 is 2.25 bits per heavy atom. The fourth-order valence-electron chi connectivity index (χ4n) is 2.79. The maximum Gasteiger partial charge on any atom is 0.0933 e. The number of ether oxygens (including phenoxy) is 1. The Kier molecular flexibility index (Phi) is 4.58. The number of morpholine rings is 1. The number of aliphatic hydroxyl groups is 1. The molecule has 0 amide bonds. The van der Waals surface area contributed by atoms with Crippen molar-refractivity contribution in [3.05, 3.63) is 0 Å². The summed E-state index contributed by atoms with van der Waals surface area (Å²) in [6.07, 6.45) is 3.78. The van der Waals surface area contributed by atoms with Crippen LogP contribution in [-0.4, -0.2) is 61.0 Å². The Morgan fingerprint density at radius 1 is 1.38 bits per heavy atom. The summed E-state index contributed by atoms with van der Waals surface area (Å²) in [5.41, 5.74) is 0. The monoisotopic (exact) mass is 228 g/mol. The highest BCUT2D eigenvalue weighted by Gasteiger charge is 2.30. The van der Waals surface area contributed by atoms with Gasteiger partial charge in [-0.1, -0.05) is 0 Å². The van der Waals surface area contributed by atoms with Crippen LogP contribution in [0.1, 0.15) is 26.2 Å². The van der Waals surface area contributed by atoms with Gasteiger partial charge in [-0.3, -0.25) is 4.90 Å². The number of aliphatic hydroxyl groups excluding tert-OH is 1. The van der Waals surface area contributed by atoms with E-state index in [-0.39, 0.29) is 12.7 Å². The number of hydrogen-bond acceptors (Lipinski definition) is 4. The van der Waals surface area contributed by atoms with Gasteiger partial charge in [0.05, 0.1) is 19.3 Å². The van der Waals surface area contributed by atoms with Crippen LogP contribution in [0, 0.1) is 0 Å². The molecule has 2 aliphatic rings. The van der Waals surface area contributed by atoms with Gasteiger partial charge in [-0.2, -0.15) is 0 Å². The zero-order valence-corrected chi connectivity index (χ0v) is 10.2. The molecule has 4 nitrogen and oxygen atoms in total. The molecule has 2 heterocycles. The van der Waals surface area contributed by atoms with Gasteiger partial charge >= 0.3 is 0 Å². The van der Waals surface area contributed by atoms with Crippen molar-refractivity contribution in [2.45, 2.75) is 44.4 Å². The first-order chi connectivity index (χ1) is 7.81. The normalized spacial score (nSPS) is 38.2. The Balaban J connectivity index is 1.93. The topological polar surface area (TPSA) is 44.7 Å². The van der Waals surface area contributed by atoms with E-state index in [2.05, 4.69) is 17.1 Å². The third-order valence-corrected chi connectivity index (χ3v) is 3.77. The summed E-state index contributed by atoms with van der Waals surface area (Å²) in [6, 6.07) is 1.16. The van der Waals surface area contributed by atoms with Gasteiger partial charge in [0.15, 0.2) is 0 Å². The molecule has 3 unspecified atom stereocenters. The van der Waals surface area contributed by atoms with Crippen LogP contribution in [0.15, 0.2) is 0 Å². The fraction of sp³-hybridized carbons (Fsp3) is 1.00. The largest absolute Gasteiger partial charge is 0.394 e. The number of nitrogens with one attached hydrogen (secondary N) is 1. The smallest absolute Gasteiger partial charge is 0.0933 e. The van der Waals surface area contributed by atoms with Gasteiger partial charge in [0.25, 0.3) is 0 Å². The van der Waals surface area contributed by atoms with Crippen LogP contribution in [-0.2, 0) is 4.74 Å². The van der Waals surface area contributed by atoms with Gasteiger partial charge in [0.2, 0.25) is 0 Å². The van der Waals surface area contributed by atoms with E-state index >= 15 is 0 Å². The maximum absolute atomic E-state index is 9.18. The van der Waals surface area contributed by atoms with Crippen molar-refractivity contribution >= 4 is 0 Å². The van der Waals surface area contributed by atoms with Crippen LogP contribution in [0.5, 0.6) is 0 Å². The summed E-state index contributed by atoms with van der Waals surface area (Å²) < 4.78 is 5.58. The zero-order chi connectivity index (χ0) is 11.4. The second kappa shape index (κ2) is 5.96. The summed E-state index contributed by atoms with van der Waals surface area (Å²) in [7, 11) is 0. The summed E-state index contributed by atoms with van der Waals surface area (Å²) in [4.78, 5) is 2.54.